The summed E-state index contributed by atoms with van der Waals surface area (Å²) in [6.07, 6.45) is 0.381. The number of hydrogen-bond donors (Lipinski definition) is 2. The fourth-order valence-electron chi connectivity index (χ4n) is 3.24. The summed E-state index contributed by atoms with van der Waals surface area (Å²) < 4.78 is 0. The molecule has 0 saturated carbocycles. The van der Waals surface area contributed by atoms with Gasteiger partial charge in [0.05, 0.1) is 12.5 Å². The fraction of sp³-hybridized carbons (Fsp3) is 0.417. The normalized spacial score (nSPS) is 12.5. The van der Waals surface area contributed by atoms with E-state index >= 15 is 0 Å². The first-order valence-electron chi connectivity index (χ1n) is 9.90. The van der Waals surface area contributed by atoms with Gasteiger partial charge in [0.15, 0.2) is 6.54 Å². The number of hydrogen-bond acceptors (Lipinski definition) is 2. The third kappa shape index (κ3) is 6.21. The van der Waals surface area contributed by atoms with Crippen molar-refractivity contribution in [2.24, 2.45) is 5.92 Å². The molecule has 0 aromatic heterocycles. The van der Waals surface area contributed by atoms with Gasteiger partial charge in [-0.25, -0.2) is 0 Å². The molecule has 0 heterocycles. The van der Waals surface area contributed by atoms with Crippen LogP contribution in [0.3, 0.4) is 0 Å². The van der Waals surface area contributed by atoms with Crippen LogP contribution in [0.5, 0.6) is 0 Å². The van der Waals surface area contributed by atoms with Crippen LogP contribution in [0.4, 0.5) is 5.69 Å². The number of carbonyl (C=O) groups is 1. The number of nitrogens with one attached hydrogen (secondary N) is 1. The summed E-state index contributed by atoms with van der Waals surface area (Å²) in [7, 11) is 0. The largest absolute Gasteiger partial charge is 0.332 e. The molecule has 1 amide bonds. The maximum Gasteiger partial charge on any atom is 0.279 e. The lowest BCUT2D eigenvalue weighted by Crippen LogP contribution is -2.88. The number of anilines is 1. The highest BCUT2D eigenvalue weighted by atomic mass is 16.1. The predicted molar refractivity (Wildman–Crippen MR) is 114 cm³/mol. The number of rotatable bonds is 7. The van der Waals surface area contributed by atoms with Crippen molar-refractivity contribution in [1.29, 1.82) is 5.26 Å². The summed E-state index contributed by atoms with van der Waals surface area (Å²) in [6.45, 7) is 11.4. The van der Waals surface area contributed by atoms with Gasteiger partial charge in [-0.05, 0) is 28.7 Å². The molecular formula is C24H32N3O+. The Balaban J connectivity index is 1.97. The topological polar surface area (TPSA) is 69.5 Å². The summed E-state index contributed by atoms with van der Waals surface area (Å²) >= 11 is 0. The maximum atomic E-state index is 12.4. The Bertz CT molecular complexity index is 809. The highest BCUT2D eigenvalue weighted by Gasteiger charge is 2.21. The lowest BCUT2D eigenvalue weighted by Gasteiger charge is -2.22. The smallest absolute Gasteiger partial charge is 0.279 e. The molecule has 28 heavy (non-hydrogen) atoms. The molecule has 0 saturated heterocycles. The van der Waals surface area contributed by atoms with Crippen molar-refractivity contribution in [3.8, 4) is 6.07 Å². The van der Waals surface area contributed by atoms with Crippen LogP contribution in [-0.4, -0.2) is 12.5 Å². The Morgan fingerprint density at radius 2 is 1.68 bits per heavy atom. The molecule has 2 aromatic carbocycles. The van der Waals surface area contributed by atoms with Crippen LogP contribution in [0.1, 0.15) is 57.4 Å². The van der Waals surface area contributed by atoms with E-state index in [0.717, 1.165) is 11.3 Å². The van der Waals surface area contributed by atoms with E-state index in [2.05, 4.69) is 75.6 Å². The first kappa shape index (κ1) is 21.7. The molecule has 0 aliphatic rings. The summed E-state index contributed by atoms with van der Waals surface area (Å²) in [5.41, 5.74) is 4.41. The minimum Gasteiger partial charge on any atom is -0.332 e. The van der Waals surface area contributed by atoms with Crippen LogP contribution in [-0.2, 0) is 16.6 Å². The van der Waals surface area contributed by atoms with Crippen molar-refractivity contribution in [1.82, 2.24) is 0 Å². The highest BCUT2D eigenvalue weighted by molar-refractivity contribution is 5.91. The molecule has 4 heteroatoms. The van der Waals surface area contributed by atoms with Gasteiger partial charge in [0.1, 0.15) is 6.04 Å². The monoisotopic (exact) mass is 378 g/mol. The molecule has 0 aliphatic heterocycles. The van der Waals surface area contributed by atoms with E-state index in [1.54, 1.807) is 0 Å². The van der Waals surface area contributed by atoms with Gasteiger partial charge in [-0.1, -0.05) is 71.0 Å². The van der Waals surface area contributed by atoms with Gasteiger partial charge >= 0.3 is 0 Å². The van der Waals surface area contributed by atoms with E-state index in [4.69, 9.17) is 5.26 Å². The molecule has 0 fully saturated rings. The zero-order valence-corrected chi connectivity index (χ0v) is 17.6. The number of nitrogens with two attached hydrogens (primary N) is 1. The fourth-order valence-corrected chi connectivity index (χ4v) is 3.24. The molecular weight excluding hydrogens is 346 g/mol. The van der Waals surface area contributed by atoms with E-state index in [1.807, 2.05) is 24.3 Å². The average molecular weight is 379 g/mol. The van der Waals surface area contributed by atoms with E-state index in [0.29, 0.717) is 18.9 Å². The average Bonchev–Trinajstić information content (AvgIpc) is 2.63. The molecule has 4 nitrogen and oxygen atoms in total. The SMILES string of the molecule is CC(C)[C@H]([NH2+]CC(=O)Nc1ccc(CC#N)cc1)c1ccc(C(C)(C)C)cc1. The lowest BCUT2D eigenvalue weighted by atomic mass is 9.85. The van der Waals surface area contributed by atoms with Gasteiger partial charge in [0, 0.05) is 17.2 Å². The van der Waals surface area contributed by atoms with Crippen molar-refractivity contribution < 1.29 is 10.1 Å². The van der Waals surface area contributed by atoms with Crippen molar-refractivity contribution in [3.63, 3.8) is 0 Å². The van der Waals surface area contributed by atoms with Crippen LogP contribution < -0.4 is 10.6 Å². The van der Waals surface area contributed by atoms with Crippen molar-refractivity contribution in [2.45, 2.75) is 52.5 Å². The minimum absolute atomic E-state index is 0.0232. The third-order valence-corrected chi connectivity index (χ3v) is 4.96. The zero-order chi connectivity index (χ0) is 20.7. The van der Waals surface area contributed by atoms with Crippen LogP contribution in [0.2, 0.25) is 0 Å². The third-order valence-electron chi connectivity index (χ3n) is 4.96. The molecule has 0 unspecified atom stereocenters. The summed E-state index contributed by atoms with van der Waals surface area (Å²) in [5.74, 6) is 0.392. The Kier molecular flexibility index (Phi) is 7.37. The van der Waals surface area contributed by atoms with E-state index < -0.39 is 0 Å². The van der Waals surface area contributed by atoms with Crippen LogP contribution in [0, 0.1) is 17.2 Å². The molecule has 2 rings (SSSR count). The number of quaternary nitrogens is 1. The maximum absolute atomic E-state index is 12.4. The van der Waals surface area contributed by atoms with E-state index in [1.165, 1.54) is 11.1 Å². The van der Waals surface area contributed by atoms with Gasteiger partial charge in [-0.3, -0.25) is 4.79 Å². The second-order valence-electron chi connectivity index (χ2n) is 8.66. The molecule has 0 spiro atoms. The summed E-state index contributed by atoms with van der Waals surface area (Å²) in [4.78, 5) is 12.4. The molecule has 148 valence electrons. The molecule has 2 aromatic rings. The quantitative estimate of drug-likeness (QED) is 0.766. The standard InChI is InChI=1S/C24H31N3O/c1-17(2)23(19-8-10-20(11-9-19)24(3,4)5)26-16-22(28)27-21-12-6-18(7-13-21)14-15-25/h6-13,17,23,26H,14,16H2,1-5H3,(H,27,28)/p+1/t23-/m0/s1. The number of benzene rings is 2. The Morgan fingerprint density at radius 3 is 2.18 bits per heavy atom. The molecule has 3 N–H and O–H groups in total. The van der Waals surface area contributed by atoms with Crippen molar-refractivity contribution in [2.75, 3.05) is 11.9 Å². The molecule has 0 aliphatic carbocycles. The van der Waals surface area contributed by atoms with Crippen molar-refractivity contribution in [3.05, 3.63) is 65.2 Å². The first-order chi connectivity index (χ1) is 13.2. The number of nitriles is 1. The van der Waals surface area contributed by atoms with Gasteiger partial charge in [0.2, 0.25) is 0 Å². The summed E-state index contributed by atoms with van der Waals surface area (Å²) in [6, 6.07) is 18.6. The van der Waals surface area contributed by atoms with E-state index in [-0.39, 0.29) is 17.4 Å². The Hall–Kier alpha value is -2.64. The van der Waals surface area contributed by atoms with Gasteiger partial charge in [-0.15, -0.1) is 0 Å². The van der Waals surface area contributed by atoms with Crippen molar-refractivity contribution >= 4 is 11.6 Å². The second-order valence-corrected chi connectivity index (χ2v) is 8.66. The predicted octanol–water partition coefficient (Wildman–Crippen LogP) is 3.95. The van der Waals surface area contributed by atoms with Crippen LogP contribution in [0.25, 0.3) is 0 Å². The van der Waals surface area contributed by atoms with Gasteiger partial charge in [-0.2, -0.15) is 5.26 Å². The Morgan fingerprint density at radius 1 is 1.07 bits per heavy atom. The number of amides is 1. The van der Waals surface area contributed by atoms with Gasteiger partial charge in [0.25, 0.3) is 5.91 Å². The zero-order valence-electron chi connectivity index (χ0n) is 17.6. The highest BCUT2D eigenvalue weighted by Crippen LogP contribution is 2.25. The second kappa shape index (κ2) is 9.52. The molecule has 0 bridgehead atoms. The molecule has 1 atom stereocenters. The number of carbonyl (C=O) groups excluding carboxylic acids is 1. The number of nitrogens with zero attached hydrogens (tertiary/aromatic N) is 1. The van der Waals surface area contributed by atoms with Crippen LogP contribution in [0.15, 0.2) is 48.5 Å². The molecule has 0 radical (unpaired) electrons. The van der Waals surface area contributed by atoms with Gasteiger partial charge < -0.3 is 10.6 Å². The Labute approximate surface area is 169 Å². The van der Waals surface area contributed by atoms with E-state index in [9.17, 15) is 4.79 Å². The first-order valence-corrected chi connectivity index (χ1v) is 9.90. The van der Waals surface area contributed by atoms with Crippen LogP contribution >= 0.6 is 0 Å². The summed E-state index contributed by atoms with van der Waals surface area (Å²) in [5, 5.41) is 13.8. The lowest BCUT2D eigenvalue weighted by molar-refractivity contribution is -0.692. The minimum atomic E-state index is -0.0232.